The third kappa shape index (κ3) is 1.76. The topological polar surface area (TPSA) is 72.5 Å². The molecule has 17 heavy (non-hydrogen) atoms. The van der Waals surface area contributed by atoms with Gasteiger partial charge in [0.2, 0.25) is 0 Å². The first-order valence-corrected chi connectivity index (χ1v) is 5.32. The lowest BCUT2D eigenvalue weighted by Crippen LogP contribution is -2.54. The first-order valence-electron chi connectivity index (χ1n) is 5.32. The fourth-order valence-electron chi connectivity index (χ4n) is 2.33. The summed E-state index contributed by atoms with van der Waals surface area (Å²) >= 11 is 0. The van der Waals surface area contributed by atoms with Crippen LogP contribution in [-0.2, 0) is 10.2 Å². The highest BCUT2D eigenvalue weighted by molar-refractivity contribution is 5.83. The van der Waals surface area contributed by atoms with Crippen molar-refractivity contribution in [3.8, 4) is 5.75 Å². The first kappa shape index (κ1) is 11.9. The van der Waals surface area contributed by atoms with Crippen LogP contribution >= 0.6 is 0 Å². The van der Waals surface area contributed by atoms with Gasteiger partial charge >= 0.3 is 5.97 Å². The molecule has 4 nitrogen and oxygen atoms in total. The van der Waals surface area contributed by atoms with Gasteiger partial charge in [0.15, 0.2) is 11.6 Å². The number of hydrogen-bond acceptors (Lipinski definition) is 3. The van der Waals surface area contributed by atoms with Crippen LogP contribution in [0.15, 0.2) is 18.2 Å². The molecule has 0 aliphatic heterocycles. The molecule has 1 aliphatic rings. The number of rotatable bonds is 3. The van der Waals surface area contributed by atoms with Crippen molar-refractivity contribution in [2.45, 2.75) is 24.3 Å². The van der Waals surface area contributed by atoms with Crippen molar-refractivity contribution in [3.05, 3.63) is 29.6 Å². The summed E-state index contributed by atoms with van der Waals surface area (Å²) in [5, 5.41) is 9.30. The van der Waals surface area contributed by atoms with Gasteiger partial charge in [-0.25, -0.2) is 4.39 Å². The number of aliphatic carboxylic acids is 1. The van der Waals surface area contributed by atoms with Crippen molar-refractivity contribution in [3.63, 3.8) is 0 Å². The molecule has 0 bridgehead atoms. The molecule has 0 aromatic heterocycles. The fraction of sp³-hybridized carbons (Fsp3) is 0.417. The van der Waals surface area contributed by atoms with Gasteiger partial charge in [-0.05, 0) is 30.5 Å². The normalized spacial score (nSPS) is 27.4. The van der Waals surface area contributed by atoms with Crippen LogP contribution in [0.1, 0.15) is 18.4 Å². The van der Waals surface area contributed by atoms with E-state index in [-0.39, 0.29) is 11.8 Å². The molecule has 0 heterocycles. The molecule has 3 N–H and O–H groups in total. The number of ether oxygens (including phenoxy) is 1. The van der Waals surface area contributed by atoms with Gasteiger partial charge in [-0.3, -0.25) is 4.79 Å². The Hall–Kier alpha value is -1.62. The molecular weight excluding hydrogens is 225 g/mol. The highest BCUT2D eigenvalue weighted by atomic mass is 19.1. The minimum absolute atomic E-state index is 0.0589. The highest BCUT2D eigenvalue weighted by Gasteiger charge is 2.50. The quantitative estimate of drug-likeness (QED) is 0.833. The van der Waals surface area contributed by atoms with Crippen molar-refractivity contribution in [1.82, 2.24) is 0 Å². The molecule has 92 valence electrons. The summed E-state index contributed by atoms with van der Waals surface area (Å²) in [6.07, 6.45) is 0.744. The highest BCUT2D eigenvalue weighted by Crippen LogP contribution is 2.44. The SMILES string of the molecule is COc1cc(C2(C(=O)O)CC(N)C2)ccc1F. The Morgan fingerprint density at radius 2 is 2.24 bits per heavy atom. The molecule has 1 saturated carbocycles. The van der Waals surface area contributed by atoms with Crippen LogP contribution < -0.4 is 10.5 Å². The van der Waals surface area contributed by atoms with E-state index >= 15 is 0 Å². The Balaban J connectivity index is 2.41. The second kappa shape index (κ2) is 4.00. The molecule has 1 fully saturated rings. The number of carboxylic acid groups (broad SMARTS) is 1. The van der Waals surface area contributed by atoms with Crippen LogP contribution in [0.4, 0.5) is 4.39 Å². The van der Waals surface area contributed by atoms with E-state index in [1.807, 2.05) is 0 Å². The summed E-state index contributed by atoms with van der Waals surface area (Å²) in [4.78, 5) is 11.3. The fourth-order valence-corrected chi connectivity index (χ4v) is 2.33. The third-order valence-electron chi connectivity index (χ3n) is 3.33. The molecule has 5 heteroatoms. The second-order valence-corrected chi connectivity index (χ2v) is 4.40. The zero-order valence-corrected chi connectivity index (χ0v) is 9.44. The first-order chi connectivity index (χ1) is 7.99. The Bertz CT molecular complexity index is 455. The largest absolute Gasteiger partial charge is 0.494 e. The van der Waals surface area contributed by atoms with Gasteiger partial charge in [0.1, 0.15) is 0 Å². The minimum Gasteiger partial charge on any atom is -0.494 e. The molecule has 0 amide bonds. The zero-order valence-electron chi connectivity index (χ0n) is 9.44. The van der Waals surface area contributed by atoms with Crippen molar-refractivity contribution >= 4 is 5.97 Å². The molecule has 0 radical (unpaired) electrons. The summed E-state index contributed by atoms with van der Waals surface area (Å²) in [5.41, 5.74) is 5.22. The summed E-state index contributed by atoms with van der Waals surface area (Å²) < 4.78 is 18.1. The molecular formula is C12H14FNO3. The maximum Gasteiger partial charge on any atom is 0.314 e. The van der Waals surface area contributed by atoms with Crippen molar-refractivity contribution in [2.75, 3.05) is 7.11 Å². The van der Waals surface area contributed by atoms with E-state index < -0.39 is 17.2 Å². The number of carbonyl (C=O) groups is 1. The van der Waals surface area contributed by atoms with Gasteiger partial charge in [-0.15, -0.1) is 0 Å². The van der Waals surface area contributed by atoms with Gasteiger partial charge in [-0.1, -0.05) is 6.07 Å². The van der Waals surface area contributed by atoms with E-state index in [0.717, 1.165) is 0 Å². The Kier molecular flexibility index (Phi) is 2.79. The Labute approximate surface area is 98.2 Å². The number of nitrogens with two attached hydrogens (primary N) is 1. The molecule has 1 aliphatic carbocycles. The van der Waals surface area contributed by atoms with Crippen LogP contribution in [0.5, 0.6) is 5.75 Å². The van der Waals surface area contributed by atoms with Crippen LogP contribution in [0, 0.1) is 5.82 Å². The van der Waals surface area contributed by atoms with Crippen molar-refractivity contribution < 1.29 is 19.0 Å². The summed E-state index contributed by atoms with van der Waals surface area (Å²) in [5.74, 6) is -1.36. The minimum atomic E-state index is -0.986. The molecule has 1 aromatic rings. The van der Waals surface area contributed by atoms with Crippen LogP contribution in [-0.4, -0.2) is 24.2 Å². The van der Waals surface area contributed by atoms with Gasteiger partial charge in [0.25, 0.3) is 0 Å². The lowest BCUT2D eigenvalue weighted by molar-refractivity contribution is -0.148. The van der Waals surface area contributed by atoms with Gasteiger partial charge in [0, 0.05) is 6.04 Å². The number of carboxylic acids is 1. The van der Waals surface area contributed by atoms with Gasteiger partial charge in [0.05, 0.1) is 12.5 Å². The molecule has 0 saturated heterocycles. The molecule has 1 aromatic carbocycles. The predicted molar refractivity (Wildman–Crippen MR) is 59.5 cm³/mol. The lowest BCUT2D eigenvalue weighted by atomic mass is 9.62. The maximum absolute atomic E-state index is 13.3. The van der Waals surface area contributed by atoms with E-state index in [1.54, 1.807) is 0 Å². The van der Waals surface area contributed by atoms with Crippen molar-refractivity contribution in [2.24, 2.45) is 5.73 Å². The van der Waals surface area contributed by atoms with Gasteiger partial charge < -0.3 is 15.6 Å². The molecule has 0 spiro atoms. The predicted octanol–water partition coefficient (Wildman–Crippen LogP) is 1.28. The Morgan fingerprint density at radius 1 is 1.59 bits per heavy atom. The van der Waals surface area contributed by atoms with E-state index in [1.165, 1.54) is 25.3 Å². The smallest absolute Gasteiger partial charge is 0.314 e. The summed E-state index contributed by atoms with van der Waals surface area (Å²) in [6.45, 7) is 0. The summed E-state index contributed by atoms with van der Waals surface area (Å²) in [6, 6.07) is 4.04. The molecule has 0 atom stereocenters. The average molecular weight is 239 g/mol. The van der Waals surface area contributed by atoms with E-state index in [2.05, 4.69) is 0 Å². The number of benzene rings is 1. The Morgan fingerprint density at radius 3 is 2.71 bits per heavy atom. The standard InChI is InChI=1S/C12H14FNO3/c1-17-10-4-7(2-3-9(10)13)12(11(15)16)5-8(14)6-12/h2-4,8H,5-6,14H2,1H3,(H,15,16). The van der Waals surface area contributed by atoms with Crippen LogP contribution in [0.25, 0.3) is 0 Å². The van der Waals surface area contributed by atoms with E-state index in [4.69, 9.17) is 10.5 Å². The number of methoxy groups -OCH3 is 1. The van der Waals surface area contributed by atoms with E-state index in [0.29, 0.717) is 18.4 Å². The maximum atomic E-state index is 13.3. The molecule has 0 unspecified atom stereocenters. The molecule has 2 rings (SSSR count). The van der Waals surface area contributed by atoms with Gasteiger partial charge in [-0.2, -0.15) is 0 Å². The average Bonchev–Trinajstić information content (AvgIpc) is 2.25. The van der Waals surface area contributed by atoms with E-state index in [9.17, 15) is 14.3 Å². The van der Waals surface area contributed by atoms with Crippen LogP contribution in [0.2, 0.25) is 0 Å². The van der Waals surface area contributed by atoms with Crippen LogP contribution in [0.3, 0.4) is 0 Å². The lowest BCUT2D eigenvalue weighted by Gasteiger charge is -2.43. The zero-order chi connectivity index (χ0) is 12.6. The third-order valence-corrected chi connectivity index (χ3v) is 3.33. The summed E-state index contributed by atoms with van der Waals surface area (Å²) in [7, 11) is 1.35. The number of hydrogen-bond donors (Lipinski definition) is 2. The second-order valence-electron chi connectivity index (χ2n) is 4.40. The van der Waals surface area contributed by atoms with Crippen molar-refractivity contribution in [1.29, 1.82) is 0 Å². The monoisotopic (exact) mass is 239 g/mol. The number of halogens is 1.